The number of aromatic nitrogens is 4. The van der Waals surface area contributed by atoms with Crippen molar-refractivity contribution in [1.82, 2.24) is 20.2 Å². The Labute approximate surface area is 123 Å². The van der Waals surface area contributed by atoms with Crippen LogP contribution in [0.4, 0.5) is 5.69 Å². The molecule has 2 aromatic rings. The smallest absolute Gasteiger partial charge is 0.331 e. The molecule has 1 aromatic heterocycles. The number of carboxylic acid groups (broad SMARTS) is 1. The van der Waals surface area contributed by atoms with E-state index in [4.69, 9.17) is 0 Å². The van der Waals surface area contributed by atoms with Crippen LogP contribution in [0.25, 0.3) is 11.4 Å². The number of hydrogen-bond donors (Lipinski definition) is 1. The zero-order valence-electron chi connectivity index (χ0n) is 12.6. The van der Waals surface area contributed by atoms with Crippen molar-refractivity contribution in [2.75, 3.05) is 19.0 Å². The summed E-state index contributed by atoms with van der Waals surface area (Å²) in [6, 6.07) is 7.65. The van der Waals surface area contributed by atoms with E-state index in [2.05, 4.69) is 15.5 Å². The van der Waals surface area contributed by atoms with Crippen LogP contribution in [-0.4, -0.2) is 45.4 Å². The van der Waals surface area contributed by atoms with Crippen LogP contribution < -0.4 is 4.90 Å². The molecule has 1 atom stereocenters. The van der Waals surface area contributed by atoms with Gasteiger partial charge in [0.2, 0.25) is 0 Å². The second-order valence-corrected chi connectivity index (χ2v) is 5.29. The SMILES string of the molecule is CCC(C)(C(=O)O)n1nnnc1-c1ccc(N(C)C)cc1. The van der Waals surface area contributed by atoms with E-state index in [9.17, 15) is 9.90 Å². The molecule has 112 valence electrons. The van der Waals surface area contributed by atoms with Crippen molar-refractivity contribution < 1.29 is 9.90 Å². The quantitative estimate of drug-likeness (QED) is 0.900. The van der Waals surface area contributed by atoms with Crippen molar-refractivity contribution >= 4 is 11.7 Å². The second-order valence-electron chi connectivity index (χ2n) is 5.29. The molecule has 7 heteroatoms. The third kappa shape index (κ3) is 2.58. The summed E-state index contributed by atoms with van der Waals surface area (Å²) in [7, 11) is 3.91. The lowest BCUT2D eigenvalue weighted by Gasteiger charge is -2.24. The molecule has 2 rings (SSSR count). The van der Waals surface area contributed by atoms with Crippen molar-refractivity contribution in [3.63, 3.8) is 0 Å². The molecule has 0 radical (unpaired) electrons. The van der Waals surface area contributed by atoms with Crippen molar-refractivity contribution in [2.45, 2.75) is 25.8 Å². The van der Waals surface area contributed by atoms with Crippen molar-refractivity contribution in [3.05, 3.63) is 24.3 Å². The number of tetrazole rings is 1. The summed E-state index contributed by atoms with van der Waals surface area (Å²) >= 11 is 0. The van der Waals surface area contributed by atoms with Gasteiger partial charge < -0.3 is 10.0 Å². The van der Waals surface area contributed by atoms with Crippen LogP contribution in [0.3, 0.4) is 0 Å². The largest absolute Gasteiger partial charge is 0.479 e. The highest BCUT2D eigenvalue weighted by atomic mass is 16.4. The third-order valence-electron chi connectivity index (χ3n) is 3.73. The Balaban J connectivity index is 2.47. The summed E-state index contributed by atoms with van der Waals surface area (Å²) in [6.45, 7) is 3.41. The molecule has 0 bridgehead atoms. The van der Waals surface area contributed by atoms with E-state index in [1.165, 1.54) is 4.68 Å². The summed E-state index contributed by atoms with van der Waals surface area (Å²) < 4.78 is 1.37. The fraction of sp³-hybridized carbons (Fsp3) is 0.429. The Morgan fingerprint density at radius 1 is 1.33 bits per heavy atom. The summed E-state index contributed by atoms with van der Waals surface area (Å²) in [4.78, 5) is 13.5. The van der Waals surface area contributed by atoms with Gasteiger partial charge >= 0.3 is 5.97 Å². The van der Waals surface area contributed by atoms with Gasteiger partial charge in [0.15, 0.2) is 11.4 Å². The Morgan fingerprint density at radius 2 is 1.95 bits per heavy atom. The highest BCUT2D eigenvalue weighted by molar-refractivity contribution is 5.77. The van der Waals surface area contributed by atoms with Crippen LogP contribution in [0.2, 0.25) is 0 Å². The molecule has 7 nitrogen and oxygen atoms in total. The van der Waals surface area contributed by atoms with Gasteiger partial charge in [0, 0.05) is 25.3 Å². The second kappa shape index (κ2) is 5.51. The lowest BCUT2D eigenvalue weighted by molar-refractivity contribution is -0.147. The Hall–Kier alpha value is -2.44. The van der Waals surface area contributed by atoms with Crippen LogP contribution in [-0.2, 0) is 10.3 Å². The third-order valence-corrected chi connectivity index (χ3v) is 3.73. The molecule has 0 amide bonds. The average molecular weight is 289 g/mol. The van der Waals surface area contributed by atoms with Gasteiger partial charge in [-0.15, -0.1) is 5.10 Å². The first-order valence-corrected chi connectivity index (χ1v) is 6.70. The van der Waals surface area contributed by atoms with E-state index < -0.39 is 11.5 Å². The van der Waals surface area contributed by atoms with E-state index in [1.807, 2.05) is 43.3 Å². The number of aliphatic carboxylic acids is 1. The Kier molecular flexibility index (Phi) is 3.93. The zero-order chi connectivity index (χ0) is 15.6. The van der Waals surface area contributed by atoms with Crippen molar-refractivity contribution in [1.29, 1.82) is 0 Å². The lowest BCUT2D eigenvalue weighted by Crippen LogP contribution is -2.39. The minimum absolute atomic E-state index is 0.385. The first kappa shape index (κ1) is 15.0. The van der Waals surface area contributed by atoms with Gasteiger partial charge in [-0.2, -0.15) is 0 Å². The molecule has 1 heterocycles. The van der Waals surface area contributed by atoms with Crippen molar-refractivity contribution in [2.24, 2.45) is 0 Å². The fourth-order valence-electron chi connectivity index (χ4n) is 2.00. The molecule has 0 aliphatic carbocycles. The molecule has 0 spiro atoms. The summed E-state index contributed by atoms with van der Waals surface area (Å²) in [5, 5.41) is 21.0. The Morgan fingerprint density at radius 3 is 2.43 bits per heavy atom. The van der Waals surface area contributed by atoms with E-state index in [-0.39, 0.29) is 0 Å². The predicted octanol–water partition coefficient (Wildman–Crippen LogP) is 1.62. The normalized spacial score (nSPS) is 13.7. The van der Waals surface area contributed by atoms with E-state index in [0.717, 1.165) is 11.3 Å². The number of benzene rings is 1. The number of rotatable bonds is 5. The monoisotopic (exact) mass is 289 g/mol. The first-order chi connectivity index (χ1) is 9.90. The van der Waals surface area contributed by atoms with Gasteiger partial charge in [0.1, 0.15) is 0 Å². The first-order valence-electron chi connectivity index (χ1n) is 6.70. The molecule has 0 saturated heterocycles. The van der Waals surface area contributed by atoms with Crippen LogP contribution in [0.1, 0.15) is 20.3 Å². The maximum absolute atomic E-state index is 11.6. The standard InChI is InChI=1S/C14H19N5O2/c1-5-14(2,13(20)21)19-12(15-16-17-19)10-6-8-11(9-7-10)18(3)4/h6-9H,5H2,1-4H3,(H,20,21). The van der Waals surface area contributed by atoms with Crippen molar-refractivity contribution in [3.8, 4) is 11.4 Å². The van der Waals surface area contributed by atoms with Gasteiger partial charge in [-0.25, -0.2) is 9.48 Å². The molecule has 21 heavy (non-hydrogen) atoms. The van der Waals surface area contributed by atoms with Gasteiger partial charge in [-0.1, -0.05) is 6.92 Å². The highest BCUT2D eigenvalue weighted by Crippen LogP contribution is 2.27. The summed E-state index contributed by atoms with van der Waals surface area (Å²) in [6.07, 6.45) is 0.385. The van der Waals surface area contributed by atoms with Gasteiger partial charge in [0.05, 0.1) is 0 Å². The Bertz CT molecular complexity index is 635. The van der Waals surface area contributed by atoms with Gasteiger partial charge in [-0.05, 0) is 48.0 Å². The number of hydrogen-bond acceptors (Lipinski definition) is 5. The molecular weight excluding hydrogens is 270 g/mol. The fourth-order valence-corrected chi connectivity index (χ4v) is 2.00. The van der Waals surface area contributed by atoms with Crippen LogP contribution in [0, 0.1) is 0 Å². The van der Waals surface area contributed by atoms with E-state index in [1.54, 1.807) is 13.8 Å². The van der Waals surface area contributed by atoms with E-state index >= 15 is 0 Å². The molecule has 0 aliphatic heterocycles. The molecule has 1 N–H and O–H groups in total. The molecule has 0 saturated carbocycles. The van der Waals surface area contributed by atoms with Crippen LogP contribution in [0.5, 0.6) is 0 Å². The summed E-state index contributed by atoms with van der Waals surface area (Å²) in [5.41, 5.74) is 0.666. The topological polar surface area (TPSA) is 84.1 Å². The maximum Gasteiger partial charge on any atom is 0.331 e. The minimum atomic E-state index is -1.17. The number of carbonyl (C=O) groups is 1. The average Bonchev–Trinajstić information content (AvgIpc) is 2.96. The predicted molar refractivity (Wildman–Crippen MR) is 79.2 cm³/mol. The van der Waals surface area contributed by atoms with Crippen LogP contribution in [0.15, 0.2) is 24.3 Å². The maximum atomic E-state index is 11.6. The molecule has 1 unspecified atom stereocenters. The summed E-state index contributed by atoms with van der Waals surface area (Å²) in [5.74, 6) is -0.504. The molecule has 0 aliphatic rings. The minimum Gasteiger partial charge on any atom is -0.479 e. The van der Waals surface area contributed by atoms with Gasteiger partial charge in [-0.3, -0.25) is 0 Å². The molecule has 0 fully saturated rings. The molecule has 1 aromatic carbocycles. The zero-order valence-corrected chi connectivity index (χ0v) is 12.6. The van der Waals surface area contributed by atoms with Gasteiger partial charge in [0.25, 0.3) is 0 Å². The van der Waals surface area contributed by atoms with Crippen LogP contribution >= 0.6 is 0 Å². The number of carboxylic acids is 1. The number of anilines is 1. The molecular formula is C14H19N5O2. The van der Waals surface area contributed by atoms with E-state index in [0.29, 0.717) is 12.2 Å². The lowest BCUT2D eigenvalue weighted by atomic mass is 9.99. The highest BCUT2D eigenvalue weighted by Gasteiger charge is 2.37. The number of nitrogens with zero attached hydrogens (tertiary/aromatic N) is 5.